The molecule has 1 atom stereocenters. The molecular formula is C16H24N2O2. The van der Waals surface area contributed by atoms with Crippen LogP contribution in [0, 0.1) is 0 Å². The molecule has 0 aliphatic carbocycles. The van der Waals surface area contributed by atoms with Crippen molar-refractivity contribution < 1.29 is 9.53 Å². The summed E-state index contributed by atoms with van der Waals surface area (Å²) in [5.74, 6) is 0.881. The zero-order chi connectivity index (χ0) is 14.4. The number of ether oxygens (including phenoxy) is 1. The lowest BCUT2D eigenvalue weighted by Gasteiger charge is -2.35. The number of piperazine rings is 1. The molecule has 1 heterocycles. The SMILES string of the molecule is CC[C@@H](Oc1ccccc1)C(=O)N1CCN(CC)CC1. The topological polar surface area (TPSA) is 32.8 Å². The predicted molar refractivity (Wildman–Crippen MR) is 79.8 cm³/mol. The van der Waals surface area contributed by atoms with E-state index in [-0.39, 0.29) is 12.0 Å². The molecule has 1 amide bonds. The monoisotopic (exact) mass is 276 g/mol. The minimum absolute atomic E-state index is 0.118. The van der Waals surface area contributed by atoms with Crippen LogP contribution in [0.15, 0.2) is 30.3 Å². The van der Waals surface area contributed by atoms with Gasteiger partial charge in [0.1, 0.15) is 5.75 Å². The Kier molecular flexibility index (Phi) is 5.41. The van der Waals surface area contributed by atoms with E-state index in [9.17, 15) is 4.79 Å². The Hall–Kier alpha value is -1.55. The number of hydrogen-bond donors (Lipinski definition) is 0. The lowest BCUT2D eigenvalue weighted by molar-refractivity contribution is -0.140. The van der Waals surface area contributed by atoms with E-state index in [0.29, 0.717) is 6.42 Å². The summed E-state index contributed by atoms with van der Waals surface area (Å²) in [4.78, 5) is 16.8. The third kappa shape index (κ3) is 3.73. The van der Waals surface area contributed by atoms with Crippen molar-refractivity contribution in [2.24, 2.45) is 0 Å². The highest BCUT2D eigenvalue weighted by Crippen LogP contribution is 2.15. The van der Waals surface area contributed by atoms with Crippen LogP contribution >= 0.6 is 0 Å². The quantitative estimate of drug-likeness (QED) is 0.824. The van der Waals surface area contributed by atoms with Gasteiger partial charge in [0.15, 0.2) is 6.10 Å². The molecule has 1 saturated heterocycles. The molecule has 4 nitrogen and oxygen atoms in total. The Morgan fingerprint density at radius 2 is 1.80 bits per heavy atom. The van der Waals surface area contributed by atoms with Crippen molar-refractivity contribution in [3.8, 4) is 5.75 Å². The van der Waals surface area contributed by atoms with Gasteiger partial charge in [-0.25, -0.2) is 0 Å². The summed E-state index contributed by atoms with van der Waals surface area (Å²) in [6, 6.07) is 9.58. The number of carbonyl (C=O) groups excluding carboxylic acids is 1. The number of likely N-dealkylation sites (N-methyl/N-ethyl adjacent to an activating group) is 1. The van der Waals surface area contributed by atoms with Crippen molar-refractivity contribution in [3.05, 3.63) is 30.3 Å². The summed E-state index contributed by atoms with van der Waals surface area (Å²) >= 11 is 0. The van der Waals surface area contributed by atoms with Gasteiger partial charge in [0.25, 0.3) is 5.91 Å². The van der Waals surface area contributed by atoms with Crippen molar-refractivity contribution in [3.63, 3.8) is 0 Å². The van der Waals surface area contributed by atoms with Crippen LogP contribution in [0.2, 0.25) is 0 Å². The molecule has 0 bridgehead atoms. The van der Waals surface area contributed by atoms with Gasteiger partial charge in [0, 0.05) is 26.2 Å². The van der Waals surface area contributed by atoms with E-state index in [1.165, 1.54) is 0 Å². The zero-order valence-corrected chi connectivity index (χ0v) is 12.4. The molecule has 1 fully saturated rings. The van der Waals surface area contributed by atoms with E-state index >= 15 is 0 Å². The Bertz CT molecular complexity index is 414. The molecule has 20 heavy (non-hydrogen) atoms. The Balaban J connectivity index is 1.92. The molecule has 0 aromatic heterocycles. The molecule has 1 aromatic carbocycles. The minimum Gasteiger partial charge on any atom is -0.481 e. The van der Waals surface area contributed by atoms with Gasteiger partial charge in [0.2, 0.25) is 0 Å². The first-order chi connectivity index (χ1) is 9.74. The first kappa shape index (κ1) is 14.9. The van der Waals surface area contributed by atoms with Crippen LogP contribution < -0.4 is 4.74 Å². The van der Waals surface area contributed by atoms with Crippen LogP contribution in [-0.2, 0) is 4.79 Å². The van der Waals surface area contributed by atoms with Gasteiger partial charge >= 0.3 is 0 Å². The van der Waals surface area contributed by atoms with Crippen LogP contribution in [0.4, 0.5) is 0 Å². The van der Waals surface area contributed by atoms with Gasteiger partial charge < -0.3 is 14.5 Å². The van der Waals surface area contributed by atoms with E-state index in [4.69, 9.17) is 4.74 Å². The fourth-order valence-electron chi connectivity index (χ4n) is 2.46. The van der Waals surface area contributed by atoms with Crippen molar-refractivity contribution in [1.82, 2.24) is 9.80 Å². The highest BCUT2D eigenvalue weighted by atomic mass is 16.5. The Morgan fingerprint density at radius 1 is 1.15 bits per heavy atom. The average molecular weight is 276 g/mol. The fourth-order valence-corrected chi connectivity index (χ4v) is 2.46. The smallest absolute Gasteiger partial charge is 0.263 e. The Labute approximate surface area is 121 Å². The van der Waals surface area contributed by atoms with E-state index < -0.39 is 0 Å². The first-order valence-corrected chi connectivity index (χ1v) is 7.47. The molecule has 110 valence electrons. The van der Waals surface area contributed by atoms with Crippen LogP contribution in [-0.4, -0.2) is 54.5 Å². The van der Waals surface area contributed by atoms with Crippen molar-refractivity contribution in [2.75, 3.05) is 32.7 Å². The summed E-state index contributed by atoms with van der Waals surface area (Å²) in [7, 11) is 0. The number of benzene rings is 1. The van der Waals surface area contributed by atoms with Crippen LogP contribution in [0.1, 0.15) is 20.3 Å². The number of para-hydroxylation sites is 1. The molecule has 1 aliphatic rings. The summed E-state index contributed by atoms with van der Waals surface area (Å²) < 4.78 is 5.83. The minimum atomic E-state index is -0.370. The zero-order valence-electron chi connectivity index (χ0n) is 12.4. The van der Waals surface area contributed by atoms with Crippen molar-refractivity contribution in [2.45, 2.75) is 26.4 Å². The van der Waals surface area contributed by atoms with Gasteiger partial charge in [-0.2, -0.15) is 0 Å². The molecule has 1 aliphatic heterocycles. The van der Waals surface area contributed by atoms with Gasteiger partial charge in [-0.15, -0.1) is 0 Å². The molecule has 0 unspecified atom stereocenters. The molecule has 0 radical (unpaired) electrons. The molecule has 4 heteroatoms. The molecule has 0 N–H and O–H groups in total. The maximum atomic E-state index is 12.5. The standard InChI is InChI=1S/C16H24N2O2/c1-3-15(20-14-8-6-5-7-9-14)16(19)18-12-10-17(4-2)11-13-18/h5-9,15H,3-4,10-13H2,1-2H3/t15-/m1/s1. The predicted octanol–water partition coefficient (Wildman–Crippen LogP) is 2.01. The molecule has 0 spiro atoms. The fraction of sp³-hybridized carbons (Fsp3) is 0.562. The molecule has 1 aromatic rings. The number of carbonyl (C=O) groups is 1. The van der Waals surface area contributed by atoms with Gasteiger partial charge in [-0.1, -0.05) is 32.0 Å². The van der Waals surface area contributed by atoms with Crippen molar-refractivity contribution in [1.29, 1.82) is 0 Å². The highest BCUT2D eigenvalue weighted by Gasteiger charge is 2.27. The summed E-state index contributed by atoms with van der Waals surface area (Å²) in [6.45, 7) is 8.75. The summed E-state index contributed by atoms with van der Waals surface area (Å²) in [5.41, 5.74) is 0. The van der Waals surface area contributed by atoms with E-state index in [2.05, 4.69) is 11.8 Å². The Morgan fingerprint density at radius 3 is 2.35 bits per heavy atom. The lowest BCUT2D eigenvalue weighted by atomic mass is 10.2. The van der Waals surface area contributed by atoms with Gasteiger partial charge in [-0.05, 0) is 25.1 Å². The number of amides is 1. The van der Waals surface area contributed by atoms with E-state index in [0.717, 1.165) is 38.5 Å². The van der Waals surface area contributed by atoms with Gasteiger partial charge in [-0.3, -0.25) is 4.79 Å². The van der Waals surface area contributed by atoms with E-state index in [1.807, 2.05) is 42.2 Å². The lowest BCUT2D eigenvalue weighted by Crippen LogP contribution is -2.52. The summed E-state index contributed by atoms with van der Waals surface area (Å²) in [5, 5.41) is 0. The molecule has 0 saturated carbocycles. The van der Waals surface area contributed by atoms with Crippen molar-refractivity contribution >= 4 is 5.91 Å². The summed E-state index contributed by atoms with van der Waals surface area (Å²) in [6.07, 6.45) is 0.326. The third-order valence-electron chi connectivity index (χ3n) is 3.80. The first-order valence-electron chi connectivity index (χ1n) is 7.47. The van der Waals surface area contributed by atoms with Crippen LogP contribution in [0.5, 0.6) is 5.75 Å². The number of hydrogen-bond acceptors (Lipinski definition) is 3. The number of rotatable bonds is 5. The second kappa shape index (κ2) is 7.29. The van der Waals surface area contributed by atoms with E-state index in [1.54, 1.807) is 0 Å². The maximum Gasteiger partial charge on any atom is 0.263 e. The largest absolute Gasteiger partial charge is 0.481 e. The molecule has 2 rings (SSSR count). The average Bonchev–Trinajstić information content (AvgIpc) is 2.53. The van der Waals surface area contributed by atoms with Crippen LogP contribution in [0.3, 0.4) is 0 Å². The van der Waals surface area contributed by atoms with Gasteiger partial charge in [0.05, 0.1) is 0 Å². The van der Waals surface area contributed by atoms with Crippen LogP contribution in [0.25, 0.3) is 0 Å². The highest BCUT2D eigenvalue weighted by molar-refractivity contribution is 5.81. The second-order valence-corrected chi connectivity index (χ2v) is 5.09. The second-order valence-electron chi connectivity index (χ2n) is 5.09. The maximum absolute atomic E-state index is 12.5. The number of nitrogens with zero attached hydrogens (tertiary/aromatic N) is 2. The normalized spacial score (nSPS) is 17.8. The third-order valence-corrected chi connectivity index (χ3v) is 3.80. The molecular weight excluding hydrogens is 252 g/mol.